The molecule has 0 heterocycles. The smallest absolute Gasteiger partial charge is 0.333 e. The third-order valence-electron chi connectivity index (χ3n) is 11.8. The van der Waals surface area contributed by atoms with Crippen molar-refractivity contribution in [3.05, 3.63) is 73.3 Å². The molecular weight excluding hydrogens is 1180 g/mol. The Morgan fingerprint density at radius 1 is 0.308 bits per heavy atom. The number of hydrogen-bond acceptors (Lipinski definition) is 12. The van der Waals surface area contributed by atoms with Crippen LogP contribution in [-0.4, -0.2) is 138 Å². The zero-order valence-electron chi connectivity index (χ0n) is 55.4. The molecule has 24 heteroatoms. The monoisotopic (exact) mass is 1300 g/mol. The van der Waals surface area contributed by atoms with Crippen LogP contribution in [-0.2, 0) is 53.3 Å². The summed E-state index contributed by atoms with van der Waals surface area (Å²) in [6.07, 6.45) is 2.48. The highest BCUT2D eigenvalue weighted by Crippen LogP contribution is 2.34. The molecule has 78 heavy (non-hydrogen) atoms. The largest absolute Gasteiger partial charge is 0.462 e. The van der Waals surface area contributed by atoms with E-state index in [1.54, 1.807) is 20.8 Å². The highest BCUT2D eigenvalue weighted by molar-refractivity contribution is 7.00. The molecule has 0 aliphatic rings. The van der Waals surface area contributed by atoms with Gasteiger partial charge in [0.2, 0.25) is 0 Å². The number of rotatable bonds is 36. The van der Waals surface area contributed by atoms with Gasteiger partial charge >= 0.3 is 17.9 Å². The van der Waals surface area contributed by atoms with Crippen molar-refractivity contribution >= 4 is 118 Å². The first kappa shape index (κ1) is 81.4. The molecule has 0 fully saturated rings. The van der Waals surface area contributed by atoms with Crippen molar-refractivity contribution in [3.8, 4) is 0 Å². The van der Waals surface area contributed by atoms with Gasteiger partial charge < -0.3 is 38.9 Å². The molecule has 0 atom stereocenters. The van der Waals surface area contributed by atoms with E-state index in [1.807, 2.05) is 17.1 Å². The standard InChI is InChI=1S/C28H62O7Si6.C18H40O4Si4.C8H18OSi2/c1-25(2)27(29)31-19-17-21-36(5,6)33-38(9,10)23-40(13,14)35-41(15,16)24-39(11,12)34-37(7,8)22-18-20-32-28(30)26(3)4;1-12-23(4,5)21-25(8,9)16-26(10,11)22-24(6,7)15-13-14-20-18(19)17(2)3;1-7-10(3,4)9-11(5,6)8-2/h1,3,17-24H2,2,4-16H3;12H,1-2,13-16H2,3-11H3;7-8H,1-2H2,3-6H3. The van der Waals surface area contributed by atoms with Crippen LogP contribution in [0.5, 0.6) is 0 Å². The fraction of sp³-hybridized carbons (Fsp3) is 0.722. The Morgan fingerprint density at radius 2 is 0.487 bits per heavy atom. The minimum Gasteiger partial charge on any atom is -0.462 e. The van der Waals surface area contributed by atoms with Crippen LogP contribution in [0, 0.1) is 0 Å². The average molecular weight is 1300 g/mol. The van der Waals surface area contributed by atoms with Gasteiger partial charge in [0.15, 0.2) is 99.8 Å². The maximum absolute atomic E-state index is 11.7. The van der Waals surface area contributed by atoms with Gasteiger partial charge in [0.05, 0.1) is 19.8 Å². The van der Waals surface area contributed by atoms with E-state index in [4.69, 9.17) is 38.9 Å². The Hall–Kier alpha value is -0.787. The maximum Gasteiger partial charge on any atom is 0.333 e. The fourth-order valence-corrected chi connectivity index (χ4v) is 80.8. The molecule has 0 aliphatic carbocycles. The highest BCUT2D eigenvalue weighted by Gasteiger charge is 2.46. The highest BCUT2D eigenvalue weighted by atomic mass is 28.5. The number of ether oxygens (including phenoxy) is 3. The summed E-state index contributed by atoms with van der Waals surface area (Å²) in [5.41, 5.74) is 10.5. The van der Waals surface area contributed by atoms with Crippen LogP contribution in [0.15, 0.2) is 73.3 Å². The van der Waals surface area contributed by atoms with Gasteiger partial charge in [0, 0.05) is 16.7 Å². The van der Waals surface area contributed by atoms with Crippen molar-refractivity contribution < 1.29 is 53.3 Å². The summed E-state index contributed by atoms with van der Waals surface area (Å²) in [6.45, 7) is 83.3. The normalized spacial score (nSPS) is 13.4. The maximum atomic E-state index is 11.7. The van der Waals surface area contributed by atoms with Crippen molar-refractivity contribution in [2.75, 3.05) is 19.8 Å². The first-order valence-electron chi connectivity index (χ1n) is 28.1. The van der Waals surface area contributed by atoms with Crippen molar-refractivity contribution in [3.63, 3.8) is 0 Å². The van der Waals surface area contributed by atoms with Crippen LogP contribution in [0.2, 0.25) is 192 Å². The van der Waals surface area contributed by atoms with Crippen LogP contribution < -0.4 is 0 Å². The average Bonchev–Trinajstić information content (AvgIpc) is 3.18. The van der Waals surface area contributed by atoms with Crippen LogP contribution in [0.3, 0.4) is 0 Å². The van der Waals surface area contributed by atoms with Crippen LogP contribution in [0.1, 0.15) is 40.0 Å². The topological polar surface area (TPSA) is 134 Å². The van der Waals surface area contributed by atoms with E-state index in [1.165, 1.54) is 0 Å². The molecule has 0 radical (unpaired) electrons. The Balaban J connectivity index is -0.00000128. The summed E-state index contributed by atoms with van der Waals surface area (Å²) in [5, 5.41) is 0. The molecule has 0 N–H and O–H groups in total. The molecule has 0 amide bonds. The lowest BCUT2D eigenvalue weighted by molar-refractivity contribution is -0.139. The van der Waals surface area contributed by atoms with E-state index in [0.717, 1.165) is 54.4 Å². The summed E-state index contributed by atoms with van der Waals surface area (Å²) in [5.74, 6) is -0.944. The van der Waals surface area contributed by atoms with Gasteiger partial charge in [0.25, 0.3) is 0 Å². The molecule has 0 aliphatic heterocycles. The van der Waals surface area contributed by atoms with Gasteiger partial charge in [-0.15, -0.1) is 19.7 Å². The van der Waals surface area contributed by atoms with Gasteiger partial charge in [-0.25, -0.2) is 14.4 Å². The lowest BCUT2D eigenvalue weighted by Crippen LogP contribution is -2.56. The Kier molecular flexibility index (Phi) is 35.1. The fourth-order valence-electron chi connectivity index (χ4n) is 10.3. The first-order valence-corrected chi connectivity index (χ1v) is 65.1. The lowest BCUT2D eigenvalue weighted by atomic mass is 10.4. The number of carbonyl (C=O) groups excluding carboxylic acids is 3. The SMILES string of the molecule is C=C(C)C(=O)OCCC[Si](C)(C)O[Si](C)(C)C[Si](C)(C)O[Si](C)(C)C[Si](C)(C)O[Si](C)(C)CCCOC(=O)C(=C)C.C=C[Si](C)(C)O[Si](C)(C)C=C.C=C[Si](C)(C)O[Si](C)(C)C[Si](C)(C)O[Si](C)(C)CCCOC(=O)C(=C)C. The second-order valence-electron chi connectivity index (χ2n) is 28.5. The predicted molar refractivity (Wildman–Crippen MR) is 367 cm³/mol. The minimum atomic E-state index is -1.98. The molecule has 0 spiro atoms. The van der Waals surface area contributed by atoms with E-state index in [-0.39, 0.29) is 17.9 Å². The van der Waals surface area contributed by atoms with E-state index < -0.39 is 99.8 Å². The lowest BCUT2D eigenvalue weighted by Gasteiger charge is -2.43. The molecule has 0 aromatic rings. The predicted octanol–water partition coefficient (Wildman–Crippen LogP) is 16.8. The van der Waals surface area contributed by atoms with Crippen LogP contribution in [0.25, 0.3) is 0 Å². The van der Waals surface area contributed by atoms with Crippen molar-refractivity contribution in [2.45, 2.75) is 232 Å². The second-order valence-corrected chi connectivity index (χ2v) is 81.6. The quantitative estimate of drug-likeness (QED) is 0.0194. The zero-order chi connectivity index (χ0) is 62.4. The number of carbonyl (C=O) groups is 3. The minimum absolute atomic E-state index is 0.306. The summed E-state index contributed by atoms with van der Waals surface area (Å²) in [4.78, 5) is 34.7. The molecule has 0 bridgehead atoms. The van der Waals surface area contributed by atoms with Gasteiger partial charge in [-0.05, 0) is 232 Å². The molecule has 0 aromatic heterocycles. The van der Waals surface area contributed by atoms with E-state index in [0.29, 0.717) is 36.5 Å². The molecule has 12 nitrogen and oxygen atoms in total. The van der Waals surface area contributed by atoms with Gasteiger partial charge in [0.1, 0.15) is 0 Å². The van der Waals surface area contributed by atoms with Gasteiger partial charge in [-0.1, -0.05) is 36.8 Å². The molecule has 0 aromatic carbocycles. The first-order chi connectivity index (χ1) is 34.5. The third-order valence-corrected chi connectivity index (χ3v) is 66.1. The van der Waals surface area contributed by atoms with E-state index in [9.17, 15) is 14.4 Å². The zero-order valence-corrected chi connectivity index (χ0v) is 67.4. The molecule has 456 valence electrons. The Bertz CT molecular complexity index is 1890. The third kappa shape index (κ3) is 42.9. The summed E-state index contributed by atoms with van der Waals surface area (Å²) in [7, 11) is -22.0. The van der Waals surface area contributed by atoms with Crippen molar-refractivity contribution in [2.24, 2.45) is 0 Å². The summed E-state index contributed by atoms with van der Waals surface area (Å²) >= 11 is 0. The summed E-state index contributed by atoms with van der Waals surface area (Å²) < 4.78 is 55.9. The summed E-state index contributed by atoms with van der Waals surface area (Å²) in [6, 6.07) is 2.91. The van der Waals surface area contributed by atoms with Gasteiger partial charge in [-0.3, -0.25) is 0 Å². The molecule has 0 saturated carbocycles. The van der Waals surface area contributed by atoms with Crippen LogP contribution >= 0.6 is 0 Å². The Labute approximate surface area is 493 Å². The Morgan fingerprint density at radius 3 is 0.679 bits per heavy atom. The molecular formula is C54H120O12Si12. The van der Waals surface area contributed by atoms with E-state index in [2.05, 4.69) is 197 Å². The van der Waals surface area contributed by atoms with Crippen molar-refractivity contribution in [1.29, 1.82) is 0 Å². The number of hydrogen-bond donors (Lipinski definition) is 0. The van der Waals surface area contributed by atoms with Gasteiger partial charge in [-0.2, -0.15) is 0 Å². The van der Waals surface area contributed by atoms with E-state index >= 15 is 0 Å². The molecule has 0 rings (SSSR count). The number of esters is 3. The molecule has 0 unspecified atom stereocenters. The van der Waals surface area contributed by atoms with Crippen molar-refractivity contribution in [1.82, 2.24) is 0 Å². The molecule has 0 saturated heterocycles. The van der Waals surface area contributed by atoms with Crippen LogP contribution in [0.4, 0.5) is 0 Å². The second kappa shape index (κ2) is 33.6.